The van der Waals surface area contributed by atoms with Crippen LogP contribution in [0.5, 0.6) is 0 Å². The zero-order valence-electron chi connectivity index (χ0n) is 11.8. The normalized spacial score (nSPS) is 10.8. The number of hydrogen-bond donors (Lipinski definition) is 1. The second-order valence-electron chi connectivity index (χ2n) is 4.78. The lowest BCUT2D eigenvalue weighted by atomic mass is 10.2. The fourth-order valence-electron chi connectivity index (χ4n) is 2.16. The van der Waals surface area contributed by atoms with Crippen LogP contribution in [0.3, 0.4) is 0 Å². The molecule has 0 spiro atoms. The molecule has 1 amide bonds. The number of hydrogen-bond acceptors (Lipinski definition) is 3. The van der Waals surface area contributed by atoms with Crippen LogP contribution in [-0.4, -0.2) is 44.9 Å². The number of carboxylic acid groups (broad SMARTS) is 1. The Balaban J connectivity index is 2.39. The summed E-state index contributed by atoms with van der Waals surface area (Å²) in [6, 6.07) is 5.63. The summed E-state index contributed by atoms with van der Waals surface area (Å²) in [4.78, 5) is 28.9. The van der Waals surface area contributed by atoms with E-state index in [-0.39, 0.29) is 18.9 Å². The quantitative estimate of drug-likeness (QED) is 0.917. The average Bonchev–Trinajstić information content (AvgIpc) is 2.72. The number of aryl methyl sites for hydroxylation is 2. The molecule has 0 bridgehead atoms. The third-order valence-electron chi connectivity index (χ3n) is 3.22. The molecule has 0 aliphatic rings. The first-order valence-corrected chi connectivity index (χ1v) is 6.33. The second kappa shape index (κ2) is 5.32. The van der Waals surface area contributed by atoms with Crippen LogP contribution in [0.15, 0.2) is 18.2 Å². The lowest BCUT2D eigenvalue weighted by Gasteiger charge is -2.16. The Hall–Kier alpha value is -2.37. The molecule has 106 valence electrons. The maximum absolute atomic E-state index is 12.5. The Labute approximate surface area is 116 Å². The first-order valence-electron chi connectivity index (χ1n) is 6.33. The molecule has 20 heavy (non-hydrogen) atoms. The number of nitrogens with zero attached hydrogens (tertiary/aromatic N) is 3. The predicted molar refractivity (Wildman–Crippen MR) is 73.9 cm³/mol. The Morgan fingerprint density at radius 2 is 2.05 bits per heavy atom. The van der Waals surface area contributed by atoms with E-state index < -0.39 is 5.97 Å². The van der Waals surface area contributed by atoms with E-state index in [4.69, 9.17) is 5.11 Å². The van der Waals surface area contributed by atoms with Gasteiger partial charge in [0, 0.05) is 19.3 Å². The molecule has 0 saturated carbocycles. The molecular formula is C14H17N3O3. The summed E-state index contributed by atoms with van der Waals surface area (Å²) in [5.74, 6) is -1.14. The largest absolute Gasteiger partial charge is 0.481 e. The fourth-order valence-corrected chi connectivity index (χ4v) is 2.16. The van der Waals surface area contributed by atoms with Gasteiger partial charge in [-0.1, -0.05) is 6.07 Å². The minimum absolute atomic E-state index is 0.0724. The van der Waals surface area contributed by atoms with Crippen molar-refractivity contribution in [3.8, 4) is 0 Å². The van der Waals surface area contributed by atoms with E-state index >= 15 is 0 Å². The molecule has 0 aromatic carbocycles. The van der Waals surface area contributed by atoms with Crippen LogP contribution < -0.4 is 0 Å². The highest BCUT2D eigenvalue weighted by atomic mass is 16.4. The summed E-state index contributed by atoms with van der Waals surface area (Å²) in [7, 11) is 1.60. The lowest BCUT2D eigenvalue weighted by Crippen LogP contribution is -2.30. The maximum atomic E-state index is 12.5. The van der Waals surface area contributed by atoms with Crippen LogP contribution in [-0.2, 0) is 4.79 Å². The number of pyridine rings is 1. The molecule has 0 atom stereocenters. The van der Waals surface area contributed by atoms with Gasteiger partial charge in [-0.25, -0.2) is 4.98 Å². The Morgan fingerprint density at radius 3 is 2.70 bits per heavy atom. The topological polar surface area (TPSA) is 74.9 Å². The second-order valence-corrected chi connectivity index (χ2v) is 4.78. The van der Waals surface area contributed by atoms with Gasteiger partial charge in [0.05, 0.1) is 12.1 Å². The zero-order chi connectivity index (χ0) is 14.9. The third kappa shape index (κ3) is 2.49. The van der Waals surface area contributed by atoms with Gasteiger partial charge < -0.3 is 10.0 Å². The molecule has 0 aliphatic heterocycles. The molecule has 6 nitrogen and oxygen atoms in total. The maximum Gasteiger partial charge on any atom is 0.305 e. The van der Waals surface area contributed by atoms with Crippen molar-refractivity contribution < 1.29 is 14.7 Å². The van der Waals surface area contributed by atoms with E-state index in [0.29, 0.717) is 11.4 Å². The SMILES string of the molecule is Cc1nc2cccc(C)n2c1C(=O)N(C)CCC(=O)O. The standard InChI is InChI=1S/C14H17N3O3/c1-9-5-4-6-11-15-10(2)13(17(9)11)14(20)16(3)8-7-12(18)19/h4-6H,7-8H2,1-3H3,(H,18,19). The van der Waals surface area contributed by atoms with Gasteiger partial charge in [-0.3, -0.25) is 14.0 Å². The third-order valence-corrected chi connectivity index (χ3v) is 3.22. The number of aromatic nitrogens is 2. The number of carbonyl (C=O) groups is 2. The molecule has 0 aliphatic carbocycles. The molecule has 6 heteroatoms. The van der Waals surface area contributed by atoms with Gasteiger partial charge in [0.1, 0.15) is 11.3 Å². The van der Waals surface area contributed by atoms with Gasteiger partial charge in [-0.05, 0) is 26.0 Å². The van der Waals surface area contributed by atoms with E-state index in [1.54, 1.807) is 18.4 Å². The first kappa shape index (κ1) is 14.0. The molecule has 0 radical (unpaired) electrons. The van der Waals surface area contributed by atoms with Crippen molar-refractivity contribution in [2.45, 2.75) is 20.3 Å². The van der Waals surface area contributed by atoms with Crippen LogP contribution in [0.1, 0.15) is 28.3 Å². The monoisotopic (exact) mass is 275 g/mol. The van der Waals surface area contributed by atoms with Crippen molar-refractivity contribution in [1.29, 1.82) is 0 Å². The first-order chi connectivity index (χ1) is 9.41. The van der Waals surface area contributed by atoms with Gasteiger partial charge >= 0.3 is 5.97 Å². The molecule has 2 aromatic heterocycles. The fraction of sp³-hybridized carbons (Fsp3) is 0.357. The number of amides is 1. The summed E-state index contributed by atoms with van der Waals surface area (Å²) in [6.45, 7) is 3.86. The average molecular weight is 275 g/mol. The summed E-state index contributed by atoms with van der Waals surface area (Å²) in [5, 5.41) is 8.69. The Bertz CT molecular complexity index is 676. The van der Waals surface area contributed by atoms with Crippen LogP contribution >= 0.6 is 0 Å². The van der Waals surface area contributed by atoms with Gasteiger partial charge in [0.25, 0.3) is 5.91 Å². The zero-order valence-corrected chi connectivity index (χ0v) is 11.8. The van der Waals surface area contributed by atoms with Crippen molar-refractivity contribution in [2.24, 2.45) is 0 Å². The van der Waals surface area contributed by atoms with Crippen molar-refractivity contribution in [1.82, 2.24) is 14.3 Å². The van der Waals surface area contributed by atoms with Gasteiger partial charge in [0.2, 0.25) is 0 Å². The van der Waals surface area contributed by atoms with Crippen molar-refractivity contribution in [3.05, 3.63) is 35.3 Å². The highest BCUT2D eigenvalue weighted by Crippen LogP contribution is 2.16. The number of imidazole rings is 1. The highest BCUT2D eigenvalue weighted by Gasteiger charge is 2.21. The van der Waals surface area contributed by atoms with E-state index in [1.165, 1.54) is 4.90 Å². The number of aliphatic carboxylic acids is 1. The smallest absolute Gasteiger partial charge is 0.305 e. The molecule has 1 N–H and O–H groups in total. The number of fused-ring (bicyclic) bond motifs is 1. The molecule has 2 heterocycles. The summed E-state index contributed by atoms with van der Waals surface area (Å²) < 4.78 is 1.80. The van der Waals surface area contributed by atoms with Gasteiger partial charge in [-0.15, -0.1) is 0 Å². The molecular weight excluding hydrogens is 258 g/mol. The van der Waals surface area contributed by atoms with Crippen molar-refractivity contribution in [2.75, 3.05) is 13.6 Å². The van der Waals surface area contributed by atoms with E-state index in [2.05, 4.69) is 4.98 Å². The van der Waals surface area contributed by atoms with Crippen molar-refractivity contribution >= 4 is 17.5 Å². The van der Waals surface area contributed by atoms with Gasteiger partial charge in [-0.2, -0.15) is 0 Å². The summed E-state index contributed by atoms with van der Waals surface area (Å²) in [6.07, 6.45) is -0.0724. The van der Waals surface area contributed by atoms with Gasteiger partial charge in [0.15, 0.2) is 0 Å². The van der Waals surface area contributed by atoms with Crippen LogP contribution in [0, 0.1) is 13.8 Å². The Kier molecular flexibility index (Phi) is 3.74. The van der Waals surface area contributed by atoms with E-state index in [0.717, 1.165) is 11.3 Å². The lowest BCUT2D eigenvalue weighted by molar-refractivity contribution is -0.137. The Morgan fingerprint density at radius 1 is 1.35 bits per heavy atom. The molecule has 2 rings (SSSR count). The van der Waals surface area contributed by atoms with Crippen LogP contribution in [0.2, 0.25) is 0 Å². The predicted octanol–water partition coefficient (Wildman–Crippen LogP) is 1.50. The molecule has 0 fully saturated rings. The van der Waals surface area contributed by atoms with Crippen LogP contribution in [0.4, 0.5) is 0 Å². The minimum Gasteiger partial charge on any atom is -0.481 e. The van der Waals surface area contributed by atoms with Crippen molar-refractivity contribution in [3.63, 3.8) is 0 Å². The van der Waals surface area contributed by atoms with E-state index in [1.807, 2.05) is 25.1 Å². The minimum atomic E-state index is -0.921. The van der Waals surface area contributed by atoms with Crippen LogP contribution in [0.25, 0.3) is 5.65 Å². The molecule has 2 aromatic rings. The summed E-state index contributed by atoms with van der Waals surface area (Å²) >= 11 is 0. The number of carbonyl (C=O) groups excluding carboxylic acids is 1. The highest BCUT2D eigenvalue weighted by molar-refractivity contribution is 5.94. The number of carboxylic acids is 1. The molecule has 0 saturated heterocycles. The number of rotatable bonds is 4. The van der Waals surface area contributed by atoms with E-state index in [9.17, 15) is 9.59 Å². The molecule has 0 unspecified atom stereocenters. The summed E-state index contributed by atoms with van der Waals surface area (Å²) in [5.41, 5.74) is 2.77.